The van der Waals surface area contributed by atoms with Crippen LogP contribution in [0.4, 0.5) is 0 Å². The highest BCUT2D eigenvalue weighted by atomic mass is 16.7. The molecule has 0 spiro atoms. The van der Waals surface area contributed by atoms with E-state index < -0.39 is 124 Å². The molecule has 0 bridgehead atoms. The van der Waals surface area contributed by atoms with Gasteiger partial charge < -0.3 is 80.3 Å². The molecule has 0 radical (unpaired) electrons. The van der Waals surface area contributed by atoms with Gasteiger partial charge in [0.1, 0.15) is 73.1 Å². The molecule has 3 aliphatic heterocycles. The van der Waals surface area contributed by atoms with Gasteiger partial charge in [0, 0.05) is 13.8 Å². The predicted molar refractivity (Wildman–Crippen MR) is 124 cm³/mol. The Morgan fingerprint density at radius 3 is 1.62 bits per heavy atom. The first kappa shape index (κ1) is 32.9. The van der Waals surface area contributed by atoms with E-state index in [0.29, 0.717) is 0 Å². The summed E-state index contributed by atoms with van der Waals surface area (Å²) in [5, 5.41) is 96.9. The summed E-state index contributed by atoms with van der Waals surface area (Å²) in [5.74, 6) is -1.26. The maximum absolute atomic E-state index is 11.7. The molecule has 0 aromatic rings. The monoisotopic (exact) mass is 586 g/mol. The fraction of sp³-hybridized carbons (Fsp3) is 0.909. The second-order valence-electron chi connectivity index (χ2n) is 9.81. The highest BCUT2D eigenvalue weighted by molar-refractivity contribution is 5.73. The molecule has 40 heavy (non-hydrogen) atoms. The van der Waals surface area contributed by atoms with E-state index in [9.17, 15) is 55.5 Å². The summed E-state index contributed by atoms with van der Waals surface area (Å²) < 4.78 is 27.5. The third kappa shape index (κ3) is 7.05. The van der Waals surface area contributed by atoms with Crippen LogP contribution in [0.2, 0.25) is 0 Å². The highest BCUT2D eigenvalue weighted by Crippen LogP contribution is 2.32. The van der Waals surface area contributed by atoms with E-state index in [4.69, 9.17) is 23.7 Å². The molecule has 15 atom stereocenters. The second kappa shape index (κ2) is 14.0. The average Bonchev–Trinajstić information content (AvgIpc) is 2.90. The van der Waals surface area contributed by atoms with Crippen LogP contribution in [0.3, 0.4) is 0 Å². The topological polar surface area (TPSA) is 286 Å². The predicted octanol–water partition coefficient (Wildman–Crippen LogP) is -7.29. The fourth-order valence-corrected chi connectivity index (χ4v) is 4.87. The highest BCUT2D eigenvalue weighted by Gasteiger charge is 2.53. The van der Waals surface area contributed by atoms with Crippen molar-refractivity contribution in [3.05, 3.63) is 0 Å². The zero-order chi connectivity index (χ0) is 29.9. The number of rotatable bonds is 9. The first-order valence-electron chi connectivity index (χ1n) is 12.6. The van der Waals surface area contributed by atoms with Gasteiger partial charge in [0.2, 0.25) is 11.8 Å². The van der Waals surface area contributed by atoms with Gasteiger partial charge in [-0.1, -0.05) is 0 Å². The minimum absolute atomic E-state index is 0.624. The van der Waals surface area contributed by atoms with Gasteiger partial charge in [0.15, 0.2) is 18.9 Å². The number of carbonyl (C=O) groups excluding carboxylic acids is 2. The lowest BCUT2D eigenvalue weighted by Crippen LogP contribution is -2.69. The zero-order valence-electron chi connectivity index (χ0n) is 21.7. The summed E-state index contributed by atoms with van der Waals surface area (Å²) in [6.45, 7) is -0.106. The van der Waals surface area contributed by atoms with Crippen LogP contribution >= 0.6 is 0 Å². The van der Waals surface area contributed by atoms with E-state index in [0.717, 1.165) is 13.8 Å². The number of aliphatic hydroxyl groups is 9. The summed E-state index contributed by atoms with van der Waals surface area (Å²) in [7, 11) is 0. The van der Waals surface area contributed by atoms with Crippen LogP contribution in [-0.4, -0.2) is 170 Å². The van der Waals surface area contributed by atoms with Crippen LogP contribution in [0.15, 0.2) is 0 Å². The lowest BCUT2D eigenvalue weighted by Gasteiger charge is -2.48. The van der Waals surface area contributed by atoms with E-state index in [2.05, 4.69) is 10.6 Å². The first-order chi connectivity index (χ1) is 18.8. The molecule has 0 aliphatic carbocycles. The van der Waals surface area contributed by atoms with Gasteiger partial charge in [0.05, 0.1) is 19.8 Å². The molecule has 18 nitrogen and oxygen atoms in total. The van der Waals surface area contributed by atoms with Crippen molar-refractivity contribution in [2.24, 2.45) is 0 Å². The van der Waals surface area contributed by atoms with Crippen molar-refractivity contribution in [3.8, 4) is 0 Å². The summed E-state index contributed by atoms with van der Waals surface area (Å²) in [6, 6.07) is -2.79. The van der Waals surface area contributed by atoms with Crippen molar-refractivity contribution in [3.63, 3.8) is 0 Å². The van der Waals surface area contributed by atoms with Crippen LogP contribution < -0.4 is 10.6 Å². The quantitative estimate of drug-likeness (QED) is 0.120. The normalized spacial score (nSPS) is 46.0. The molecule has 3 fully saturated rings. The van der Waals surface area contributed by atoms with Gasteiger partial charge in [-0.2, -0.15) is 0 Å². The molecule has 0 aromatic carbocycles. The van der Waals surface area contributed by atoms with Crippen molar-refractivity contribution >= 4 is 11.8 Å². The van der Waals surface area contributed by atoms with Gasteiger partial charge in [-0.05, 0) is 0 Å². The summed E-state index contributed by atoms with van der Waals surface area (Å²) in [4.78, 5) is 23.2. The standard InChI is InChI=1S/C22H38N2O16/c1-6(28)23-11-15(32)18(9(4-26)36-20(11)35)40-22-17(34)16(33)19(10(5-27)38-22)39-21-12(24-7(2)29)14(31)13(30)8(3-25)37-21/h8-22,25-27,30-35H,3-5H2,1-2H3,(H,23,28)(H,24,29)/t8-,9-,10-,11-,12-,13-,14-,15-,16-,17-,18-,19+,20-,21+,22+/m1/s1. The Balaban J connectivity index is 1.78. The SMILES string of the molecule is CC(=O)N[C@@H]1[C@@H](O)[C@H](O[C@@H]2O[C@H](CO)[C@H](O[C@@H]3O[C@H](CO)[C@@H](O)[C@H](O)[C@H]3NC(C)=O)[C@H](O)[C@H]2O)[C@@H](CO)O[C@H]1O. The average molecular weight is 587 g/mol. The Morgan fingerprint density at radius 2 is 1.07 bits per heavy atom. The molecule has 0 saturated carbocycles. The number of hydrogen-bond donors (Lipinski definition) is 11. The molecule has 232 valence electrons. The molecule has 3 aliphatic rings. The molecular formula is C22H38N2O16. The van der Waals surface area contributed by atoms with Gasteiger partial charge in [-0.3, -0.25) is 9.59 Å². The number of amides is 2. The van der Waals surface area contributed by atoms with Crippen LogP contribution in [0, 0.1) is 0 Å². The van der Waals surface area contributed by atoms with Crippen molar-refractivity contribution in [1.82, 2.24) is 10.6 Å². The third-order valence-electron chi connectivity index (χ3n) is 6.90. The van der Waals surface area contributed by atoms with Crippen molar-refractivity contribution in [2.45, 2.75) is 106 Å². The fourth-order valence-electron chi connectivity index (χ4n) is 4.87. The second-order valence-corrected chi connectivity index (χ2v) is 9.81. The first-order valence-corrected chi connectivity index (χ1v) is 12.6. The molecular weight excluding hydrogens is 548 g/mol. The van der Waals surface area contributed by atoms with Gasteiger partial charge in [-0.25, -0.2) is 0 Å². The van der Waals surface area contributed by atoms with Crippen LogP contribution in [0.25, 0.3) is 0 Å². The number of carbonyl (C=O) groups is 2. The van der Waals surface area contributed by atoms with Crippen molar-refractivity contribution < 1.29 is 79.2 Å². The Labute approximate surface area is 228 Å². The Hall–Kier alpha value is -1.62. The Kier molecular flexibility index (Phi) is 11.5. The Bertz CT molecular complexity index is 852. The van der Waals surface area contributed by atoms with Crippen LogP contribution in [0.5, 0.6) is 0 Å². The molecule has 3 heterocycles. The van der Waals surface area contributed by atoms with E-state index in [-0.39, 0.29) is 0 Å². The van der Waals surface area contributed by atoms with E-state index >= 15 is 0 Å². The van der Waals surface area contributed by atoms with Gasteiger partial charge >= 0.3 is 0 Å². The van der Waals surface area contributed by atoms with E-state index in [1.807, 2.05) is 0 Å². The molecule has 3 rings (SSSR count). The number of hydrogen-bond acceptors (Lipinski definition) is 16. The van der Waals surface area contributed by atoms with E-state index in [1.54, 1.807) is 0 Å². The van der Waals surface area contributed by atoms with Crippen molar-refractivity contribution in [1.29, 1.82) is 0 Å². The molecule has 2 amide bonds. The molecule has 0 unspecified atom stereocenters. The summed E-state index contributed by atoms with van der Waals surface area (Å²) in [6.07, 6.45) is -21.1. The smallest absolute Gasteiger partial charge is 0.217 e. The van der Waals surface area contributed by atoms with Crippen LogP contribution in [0.1, 0.15) is 13.8 Å². The largest absolute Gasteiger partial charge is 0.394 e. The summed E-state index contributed by atoms with van der Waals surface area (Å²) >= 11 is 0. The maximum Gasteiger partial charge on any atom is 0.217 e. The van der Waals surface area contributed by atoms with Crippen LogP contribution in [-0.2, 0) is 33.3 Å². The Morgan fingerprint density at radius 1 is 0.600 bits per heavy atom. The number of aliphatic hydroxyl groups excluding tert-OH is 9. The minimum Gasteiger partial charge on any atom is -0.394 e. The van der Waals surface area contributed by atoms with E-state index in [1.165, 1.54) is 0 Å². The third-order valence-corrected chi connectivity index (χ3v) is 6.90. The molecule has 18 heteroatoms. The van der Waals surface area contributed by atoms with Gasteiger partial charge in [0.25, 0.3) is 0 Å². The maximum atomic E-state index is 11.7. The minimum atomic E-state index is -1.93. The number of nitrogens with one attached hydrogen (secondary N) is 2. The van der Waals surface area contributed by atoms with Gasteiger partial charge in [-0.15, -0.1) is 0 Å². The lowest BCUT2D eigenvalue weighted by atomic mass is 9.94. The number of ether oxygens (including phenoxy) is 5. The van der Waals surface area contributed by atoms with Crippen molar-refractivity contribution in [2.75, 3.05) is 19.8 Å². The lowest BCUT2D eigenvalue weighted by molar-refractivity contribution is -0.366. The summed E-state index contributed by atoms with van der Waals surface area (Å²) in [5.41, 5.74) is 0. The molecule has 11 N–H and O–H groups in total. The zero-order valence-corrected chi connectivity index (χ0v) is 21.7. The molecule has 0 aromatic heterocycles. The molecule has 3 saturated heterocycles.